The van der Waals surface area contributed by atoms with Crippen LogP contribution in [0.25, 0.3) is 0 Å². The Hall–Kier alpha value is -0.940. The Labute approximate surface area is 122 Å². The predicted molar refractivity (Wildman–Crippen MR) is 83.4 cm³/mol. The van der Waals surface area contributed by atoms with Crippen LogP contribution in [0.1, 0.15) is 29.7 Å². The molecule has 1 atom stereocenters. The third-order valence-electron chi connectivity index (χ3n) is 3.09. The molecule has 2 N–H and O–H groups in total. The van der Waals surface area contributed by atoms with E-state index in [1.54, 1.807) is 0 Å². The molecular formula is C15H17IN2. The molecule has 0 aliphatic heterocycles. The Morgan fingerprint density at radius 3 is 2.61 bits per heavy atom. The monoisotopic (exact) mass is 352 g/mol. The topological polar surface area (TPSA) is 38.9 Å². The van der Waals surface area contributed by atoms with Gasteiger partial charge in [0, 0.05) is 22.0 Å². The normalized spacial score (nSPS) is 12.4. The van der Waals surface area contributed by atoms with Crippen LogP contribution >= 0.6 is 22.6 Å². The average molecular weight is 352 g/mol. The summed E-state index contributed by atoms with van der Waals surface area (Å²) < 4.78 is 1.25. The van der Waals surface area contributed by atoms with Crippen molar-refractivity contribution < 1.29 is 0 Å². The first-order valence-electron chi connectivity index (χ1n) is 6.13. The Kier molecular flexibility index (Phi) is 4.72. The van der Waals surface area contributed by atoms with Gasteiger partial charge in [-0.25, -0.2) is 0 Å². The number of hydrogen-bond donors (Lipinski definition) is 1. The van der Waals surface area contributed by atoms with Gasteiger partial charge in [0.1, 0.15) is 0 Å². The van der Waals surface area contributed by atoms with Crippen LogP contribution in [0.15, 0.2) is 42.7 Å². The molecule has 0 aliphatic carbocycles. The third-order valence-corrected chi connectivity index (χ3v) is 3.81. The highest BCUT2D eigenvalue weighted by Crippen LogP contribution is 2.20. The Balaban J connectivity index is 2.16. The summed E-state index contributed by atoms with van der Waals surface area (Å²) in [4.78, 5) is 4.16. The van der Waals surface area contributed by atoms with Gasteiger partial charge in [-0.3, -0.25) is 4.98 Å². The van der Waals surface area contributed by atoms with Crippen molar-refractivity contribution in [3.63, 3.8) is 0 Å². The zero-order chi connectivity index (χ0) is 13.0. The summed E-state index contributed by atoms with van der Waals surface area (Å²) in [5.74, 6) is 0. The van der Waals surface area contributed by atoms with E-state index in [1.807, 2.05) is 18.5 Å². The molecule has 1 aromatic heterocycles. The first kappa shape index (κ1) is 13.5. The molecule has 0 radical (unpaired) electrons. The van der Waals surface area contributed by atoms with Crippen molar-refractivity contribution in [2.45, 2.75) is 25.8 Å². The molecule has 0 amide bonds. The maximum Gasteiger partial charge on any atom is 0.0339 e. The van der Waals surface area contributed by atoms with Crippen LogP contribution in [0.5, 0.6) is 0 Å². The Morgan fingerprint density at radius 1 is 1.22 bits per heavy atom. The molecule has 3 heteroatoms. The number of nitrogens with two attached hydrogens (primary N) is 1. The molecule has 1 heterocycles. The fourth-order valence-corrected chi connectivity index (χ4v) is 2.44. The van der Waals surface area contributed by atoms with E-state index in [0.29, 0.717) is 0 Å². The molecule has 2 rings (SSSR count). The predicted octanol–water partition coefficient (Wildman–Crippen LogP) is 3.49. The second-order valence-electron chi connectivity index (χ2n) is 4.37. The van der Waals surface area contributed by atoms with E-state index in [1.165, 1.54) is 20.3 Å². The highest BCUT2D eigenvalue weighted by molar-refractivity contribution is 14.1. The fraction of sp³-hybridized carbons (Fsp3) is 0.267. The molecule has 18 heavy (non-hydrogen) atoms. The van der Waals surface area contributed by atoms with Crippen LogP contribution in [0.4, 0.5) is 0 Å². The minimum Gasteiger partial charge on any atom is -0.324 e. The maximum atomic E-state index is 6.31. The number of benzene rings is 1. The van der Waals surface area contributed by atoms with E-state index in [4.69, 9.17) is 5.73 Å². The van der Waals surface area contributed by atoms with E-state index in [-0.39, 0.29) is 6.04 Å². The summed E-state index contributed by atoms with van der Waals surface area (Å²) in [6, 6.07) is 10.6. The lowest BCUT2D eigenvalue weighted by atomic mass is 9.96. The third kappa shape index (κ3) is 3.29. The number of pyridine rings is 1. The highest BCUT2D eigenvalue weighted by Gasteiger charge is 2.10. The maximum absolute atomic E-state index is 6.31. The Bertz CT molecular complexity index is 508. The minimum atomic E-state index is 0.0445. The van der Waals surface area contributed by atoms with Gasteiger partial charge >= 0.3 is 0 Å². The van der Waals surface area contributed by atoms with Crippen molar-refractivity contribution in [2.24, 2.45) is 5.73 Å². The van der Waals surface area contributed by atoms with Crippen LogP contribution in [0, 0.1) is 3.57 Å². The number of nitrogens with zero attached hydrogens (tertiary/aromatic N) is 1. The number of aromatic nitrogens is 1. The summed E-state index contributed by atoms with van der Waals surface area (Å²) in [6.07, 6.45) is 5.59. The van der Waals surface area contributed by atoms with Crippen LogP contribution in [0.2, 0.25) is 0 Å². The molecule has 94 valence electrons. The van der Waals surface area contributed by atoms with Gasteiger partial charge < -0.3 is 5.73 Å². The smallest absolute Gasteiger partial charge is 0.0339 e. The zero-order valence-corrected chi connectivity index (χ0v) is 12.6. The Morgan fingerprint density at radius 2 is 1.94 bits per heavy atom. The molecule has 0 spiro atoms. The van der Waals surface area contributed by atoms with Crippen molar-refractivity contribution in [2.75, 3.05) is 0 Å². The van der Waals surface area contributed by atoms with Crippen LogP contribution < -0.4 is 5.73 Å². The standard InChI is InChI=1S/C15H17IN2/c1-2-12-10-18-8-7-14(12)15(17)9-11-3-5-13(16)6-4-11/h3-8,10,15H,2,9,17H2,1H3. The first-order valence-corrected chi connectivity index (χ1v) is 7.21. The lowest BCUT2D eigenvalue weighted by Crippen LogP contribution is -2.15. The van der Waals surface area contributed by atoms with Crippen molar-refractivity contribution in [3.8, 4) is 0 Å². The number of rotatable bonds is 4. The SMILES string of the molecule is CCc1cnccc1C(N)Cc1ccc(I)cc1. The van der Waals surface area contributed by atoms with Gasteiger partial charge in [0.15, 0.2) is 0 Å². The molecular weight excluding hydrogens is 335 g/mol. The summed E-state index contributed by atoms with van der Waals surface area (Å²) in [7, 11) is 0. The van der Waals surface area contributed by atoms with Crippen LogP contribution in [-0.4, -0.2) is 4.98 Å². The van der Waals surface area contributed by atoms with Crippen LogP contribution in [0.3, 0.4) is 0 Å². The average Bonchev–Trinajstić information content (AvgIpc) is 2.41. The number of aryl methyl sites for hydroxylation is 1. The second kappa shape index (κ2) is 6.29. The van der Waals surface area contributed by atoms with Gasteiger partial charge in [0.05, 0.1) is 0 Å². The summed E-state index contributed by atoms with van der Waals surface area (Å²) in [5, 5.41) is 0. The molecule has 0 saturated carbocycles. The zero-order valence-electron chi connectivity index (χ0n) is 10.4. The van der Waals surface area contributed by atoms with Crippen LogP contribution in [-0.2, 0) is 12.8 Å². The van der Waals surface area contributed by atoms with Gasteiger partial charge in [-0.15, -0.1) is 0 Å². The molecule has 0 aliphatic rings. The molecule has 1 aromatic carbocycles. The van der Waals surface area contributed by atoms with E-state index in [9.17, 15) is 0 Å². The number of hydrogen-bond acceptors (Lipinski definition) is 2. The molecule has 2 aromatic rings. The molecule has 0 fully saturated rings. The van der Waals surface area contributed by atoms with Gasteiger partial charge in [-0.05, 0) is 70.3 Å². The first-order chi connectivity index (χ1) is 8.70. The lowest BCUT2D eigenvalue weighted by Gasteiger charge is -2.15. The highest BCUT2D eigenvalue weighted by atomic mass is 127. The number of halogens is 1. The largest absolute Gasteiger partial charge is 0.324 e. The molecule has 0 saturated heterocycles. The van der Waals surface area contributed by atoms with Crippen molar-refractivity contribution in [1.29, 1.82) is 0 Å². The fourth-order valence-electron chi connectivity index (χ4n) is 2.08. The van der Waals surface area contributed by atoms with Crippen molar-refractivity contribution in [3.05, 3.63) is 63.0 Å². The second-order valence-corrected chi connectivity index (χ2v) is 5.61. The minimum absolute atomic E-state index is 0.0445. The molecule has 0 bridgehead atoms. The van der Waals surface area contributed by atoms with E-state index in [0.717, 1.165) is 12.8 Å². The summed E-state index contributed by atoms with van der Waals surface area (Å²) in [6.45, 7) is 2.14. The summed E-state index contributed by atoms with van der Waals surface area (Å²) >= 11 is 2.31. The van der Waals surface area contributed by atoms with Crippen molar-refractivity contribution >= 4 is 22.6 Å². The van der Waals surface area contributed by atoms with Gasteiger partial charge in [-0.1, -0.05) is 19.1 Å². The van der Waals surface area contributed by atoms with E-state index < -0.39 is 0 Å². The van der Waals surface area contributed by atoms with Gasteiger partial charge in [0.25, 0.3) is 0 Å². The van der Waals surface area contributed by atoms with Gasteiger partial charge in [-0.2, -0.15) is 0 Å². The lowest BCUT2D eigenvalue weighted by molar-refractivity contribution is 0.709. The van der Waals surface area contributed by atoms with Gasteiger partial charge in [0.2, 0.25) is 0 Å². The quantitative estimate of drug-likeness (QED) is 0.856. The van der Waals surface area contributed by atoms with Crippen molar-refractivity contribution in [1.82, 2.24) is 4.98 Å². The molecule has 1 unspecified atom stereocenters. The summed E-state index contributed by atoms with van der Waals surface area (Å²) in [5.41, 5.74) is 10.1. The van der Waals surface area contributed by atoms with E-state index >= 15 is 0 Å². The van der Waals surface area contributed by atoms with E-state index in [2.05, 4.69) is 58.8 Å². The molecule has 2 nitrogen and oxygen atoms in total.